The van der Waals surface area contributed by atoms with E-state index < -0.39 is 5.54 Å². The molecule has 0 atom stereocenters. The fourth-order valence-electron chi connectivity index (χ4n) is 2.70. The first-order chi connectivity index (χ1) is 10.0. The first kappa shape index (κ1) is 15.7. The number of nitriles is 1. The Bertz CT molecular complexity index is 559. The summed E-state index contributed by atoms with van der Waals surface area (Å²) in [4.78, 5) is 13.2. The quantitative estimate of drug-likeness (QED) is 0.662. The number of hydrogen-bond donors (Lipinski definition) is 2. The molecule has 3 N–H and O–H groups in total. The number of anilines is 1. The van der Waals surface area contributed by atoms with Crippen LogP contribution in [0.5, 0.6) is 0 Å². The zero-order valence-electron chi connectivity index (χ0n) is 12.3. The molecule has 0 heterocycles. The topological polar surface area (TPSA) is 78.9 Å². The SMILES string of the molecule is Cc1cc(N)ccc1SCC(=O)NC1(C#N)CCCCC1. The fraction of sp³-hybridized carbons (Fsp3) is 0.500. The number of nitrogens with zero attached hydrogens (tertiary/aromatic N) is 1. The van der Waals surface area contributed by atoms with E-state index in [-0.39, 0.29) is 5.91 Å². The highest BCUT2D eigenvalue weighted by atomic mass is 32.2. The van der Waals surface area contributed by atoms with E-state index in [0.717, 1.165) is 48.3 Å². The third kappa shape index (κ3) is 4.15. The van der Waals surface area contributed by atoms with Gasteiger partial charge in [-0.25, -0.2) is 0 Å². The second-order valence-corrected chi connectivity index (χ2v) is 6.63. The third-order valence-electron chi connectivity index (χ3n) is 3.86. The molecule has 1 aliphatic carbocycles. The molecular formula is C16H21N3OS. The number of amides is 1. The smallest absolute Gasteiger partial charge is 0.231 e. The van der Waals surface area contributed by atoms with Crippen LogP contribution in [-0.2, 0) is 4.79 Å². The molecule has 1 aliphatic rings. The third-order valence-corrected chi connectivity index (χ3v) is 5.03. The highest BCUT2D eigenvalue weighted by Crippen LogP contribution is 2.28. The lowest BCUT2D eigenvalue weighted by atomic mass is 9.83. The Hall–Kier alpha value is -1.67. The lowest BCUT2D eigenvalue weighted by Crippen LogP contribution is -2.49. The molecule has 0 aromatic heterocycles. The molecule has 1 aromatic rings. The van der Waals surface area contributed by atoms with Crippen LogP contribution in [0.2, 0.25) is 0 Å². The summed E-state index contributed by atoms with van der Waals surface area (Å²) in [5, 5.41) is 12.3. The van der Waals surface area contributed by atoms with Crippen molar-refractivity contribution in [2.24, 2.45) is 0 Å². The molecule has 0 radical (unpaired) electrons. The monoisotopic (exact) mass is 303 g/mol. The Balaban J connectivity index is 1.91. The minimum Gasteiger partial charge on any atom is -0.399 e. The van der Waals surface area contributed by atoms with Gasteiger partial charge in [-0.1, -0.05) is 19.3 Å². The average Bonchev–Trinajstić information content (AvgIpc) is 2.47. The summed E-state index contributed by atoms with van der Waals surface area (Å²) in [5.41, 5.74) is 6.87. The molecule has 1 fully saturated rings. The summed E-state index contributed by atoms with van der Waals surface area (Å²) in [6, 6.07) is 7.98. The lowest BCUT2D eigenvalue weighted by molar-refractivity contribution is -0.120. The van der Waals surface area contributed by atoms with Gasteiger partial charge in [-0.05, 0) is 43.5 Å². The molecule has 0 spiro atoms. The van der Waals surface area contributed by atoms with Crippen molar-refractivity contribution in [3.05, 3.63) is 23.8 Å². The molecule has 0 unspecified atom stereocenters. The Morgan fingerprint density at radius 2 is 2.14 bits per heavy atom. The van der Waals surface area contributed by atoms with Gasteiger partial charge in [0.15, 0.2) is 0 Å². The van der Waals surface area contributed by atoms with E-state index in [9.17, 15) is 10.1 Å². The maximum atomic E-state index is 12.1. The summed E-state index contributed by atoms with van der Waals surface area (Å²) in [6.07, 6.45) is 4.70. The Morgan fingerprint density at radius 1 is 1.43 bits per heavy atom. The van der Waals surface area contributed by atoms with Crippen LogP contribution in [0.1, 0.15) is 37.7 Å². The molecule has 1 aromatic carbocycles. The molecule has 1 saturated carbocycles. The van der Waals surface area contributed by atoms with Crippen molar-refractivity contribution in [2.45, 2.75) is 49.5 Å². The van der Waals surface area contributed by atoms with Gasteiger partial charge < -0.3 is 11.1 Å². The number of aryl methyl sites for hydroxylation is 1. The minimum atomic E-state index is -0.647. The van der Waals surface area contributed by atoms with E-state index in [4.69, 9.17) is 5.73 Å². The molecule has 5 heteroatoms. The van der Waals surface area contributed by atoms with Gasteiger partial charge in [0.1, 0.15) is 5.54 Å². The predicted octanol–water partition coefficient (Wildman–Crippen LogP) is 3.01. The van der Waals surface area contributed by atoms with Gasteiger partial charge in [-0.15, -0.1) is 11.8 Å². The molecule has 112 valence electrons. The maximum absolute atomic E-state index is 12.1. The van der Waals surface area contributed by atoms with E-state index in [1.165, 1.54) is 11.8 Å². The summed E-state index contributed by atoms with van der Waals surface area (Å²) >= 11 is 1.48. The van der Waals surface area contributed by atoms with E-state index in [2.05, 4.69) is 11.4 Å². The number of carbonyl (C=O) groups is 1. The van der Waals surface area contributed by atoms with Crippen molar-refractivity contribution in [1.29, 1.82) is 5.26 Å². The van der Waals surface area contributed by atoms with Crippen LogP contribution >= 0.6 is 11.8 Å². The number of nitrogen functional groups attached to an aromatic ring is 1. The van der Waals surface area contributed by atoms with Crippen LogP contribution in [0, 0.1) is 18.3 Å². The normalized spacial score (nSPS) is 17.0. The second kappa shape index (κ2) is 6.86. The second-order valence-electron chi connectivity index (χ2n) is 5.62. The zero-order chi connectivity index (χ0) is 15.3. The summed E-state index contributed by atoms with van der Waals surface area (Å²) < 4.78 is 0. The summed E-state index contributed by atoms with van der Waals surface area (Å²) in [6.45, 7) is 1.98. The molecule has 2 rings (SSSR count). The van der Waals surface area contributed by atoms with Gasteiger partial charge in [0, 0.05) is 10.6 Å². The number of benzene rings is 1. The molecule has 4 nitrogen and oxygen atoms in total. The van der Waals surface area contributed by atoms with Crippen molar-refractivity contribution in [3.8, 4) is 6.07 Å². The molecule has 0 saturated heterocycles. The van der Waals surface area contributed by atoms with Crippen LogP contribution in [-0.4, -0.2) is 17.2 Å². The summed E-state index contributed by atoms with van der Waals surface area (Å²) in [7, 11) is 0. The van der Waals surface area contributed by atoms with E-state index >= 15 is 0 Å². The van der Waals surface area contributed by atoms with Crippen LogP contribution in [0.15, 0.2) is 23.1 Å². The number of nitrogens with two attached hydrogens (primary N) is 1. The Kier molecular flexibility index (Phi) is 5.13. The van der Waals surface area contributed by atoms with Crippen molar-refractivity contribution in [3.63, 3.8) is 0 Å². The number of thioether (sulfide) groups is 1. The van der Waals surface area contributed by atoms with Gasteiger partial charge in [0.25, 0.3) is 0 Å². The zero-order valence-corrected chi connectivity index (χ0v) is 13.1. The molecule has 1 amide bonds. The molecule has 0 aliphatic heterocycles. The first-order valence-corrected chi connectivity index (χ1v) is 8.24. The Morgan fingerprint density at radius 3 is 2.76 bits per heavy atom. The predicted molar refractivity (Wildman–Crippen MR) is 85.9 cm³/mol. The summed E-state index contributed by atoms with van der Waals surface area (Å²) in [5.74, 6) is 0.258. The van der Waals surface area contributed by atoms with Gasteiger partial charge >= 0.3 is 0 Å². The van der Waals surface area contributed by atoms with Gasteiger partial charge in [-0.3, -0.25) is 4.79 Å². The maximum Gasteiger partial charge on any atom is 0.231 e. The van der Waals surface area contributed by atoms with Crippen molar-refractivity contribution in [1.82, 2.24) is 5.32 Å². The fourth-order valence-corrected chi connectivity index (χ4v) is 3.51. The van der Waals surface area contributed by atoms with Crippen LogP contribution in [0.4, 0.5) is 5.69 Å². The van der Waals surface area contributed by atoms with Crippen molar-refractivity contribution in [2.75, 3.05) is 11.5 Å². The number of hydrogen-bond acceptors (Lipinski definition) is 4. The molecule has 21 heavy (non-hydrogen) atoms. The van der Waals surface area contributed by atoms with E-state index in [1.54, 1.807) is 0 Å². The average molecular weight is 303 g/mol. The molecule has 0 bridgehead atoms. The van der Waals surface area contributed by atoms with Gasteiger partial charge in [0.2, 0.25) is 5.91 Å². The van der Waals surface area contributed by atoms with E-state index in [1.807, 2.05) is 25.1 Å². The van der Waals surface area contributed by atoms with E-state index in [0.29, 0.717) is 5.75 Å². The molecular weight excluding hydrogens is 282 g/mol. The highest BCUT2D eigenvalue weighted by molar-refractivity contribution is 8.00. The number of rotatable bonds is 4. The van der Waals surface area contributed by atoms with Crippen molar-refractivity contribution < 1.29 is 4.79 Å². The largest absolute Gasteiger partial charge is 0.399 e. The Labute approximate surface area is 130 Å². The highest BCUT2D eigenvalue weighted by Gasteiger charge is 2.33. The number of carbonyl (C=O) groups excluding carboxylic acids is 1. The van der Waals surface area contributed by atoms with Gasteiger partial charge in [0.05, 0.1) is 11.8 Å². The van der Waals surface area contributed by atoms with Gasteiger partial charge in [-0.2, -0.15) is 5.26 Å². The minimum absolute atomic E-state index is 0.0697. The standard InChI is InChI=1S/C16H21N3OS/c1-12-9-13(18)5-6-14(12)21-10-15(20)19-16(11-17)7-3-2-4-8-16/h5-6,9H,2-4,7-8,10,18H2,1H3,(H,19,20). The first-order valence-electron chi connectivity index (χ1n) is 7.26. The number of nitrogens with one attached hydrogen (secondary N) is 1. The van der Waals surface area contributed by atoms with Crippen LogP contribution in [0.25, 0.3) is 0 Å². The van der Waals surface area contributed by atoms with Crippen LogP contribution in [0.3, 0.4) is 0 Å². The van der Waals surface area contributed by atoms with Crippen molar-refractivity contribution >= 4 is 23.4 Å². The van der Waals surface area contributed by atoms with Crippen LogP contribution < -0.4 is 11.1 Å². The lowest BCUT2D eigenvalue weighted by Gasteiger charge is -2.31.